The van der Waals surface area contributed by atoms with Crippen LogP contribution in [0.25, 0.3) is 0 Å². The number of anilines is 1. The summed E-state index contributed by atoms with van der Waals surface area (Å²) in [5.74, 6) is 0.349. The van der Waals surface area contributed by atoms with Gasteiger partial charge in [0.05, 0.1) is 11.7 Å². The first-order valence-electron chi connectivity index (χ1n) is 9.23. The van der Waals surface area contributed by atoms with E-state index in [4.69, 9.17) is 0 Å². The Labute approximate surface area is 156 Å². The molecule has 2 aromatic rings. The minimum absolute atomic E-state index is 0.0371. The molecular formula is C20H23F2N3O2. The van der Waals surface area contributed by atoms with Crippen molar-refractivity contribution in [3.63, 3.8) is 0 Å². The van der Waals surface area contributed by atoms with Gasteiger partial charge in [-0.2, -0.15) is 5.10 Å². The third-order valence-corrected chi connectivity index (χ3v) is 5.99. The van der Waals surface area contributed by atoms with Gasteiger partial charge < -0.3 is 10.4 Å². The maximum Gasteiger partial charge on any atom is 0.282 e. The molecule has 4 rings (SSSR count). The number of nitrogens with zero attached hydrogens (tertiary/aromatic N) is 2. The number of halogens is 2. The van der Waals surface area contributed by atoms with Crippen molar-refractivity contribution in [1.82, 2.24) is 9.78 Å². The SMILES string of the molecule is CC(C)C1C2CC(O)C1c1c(NC(=O)c3cn(C)nc3C(F)F)cccc12. The topological polar surface area (TPSA) is 67.2 Å². The van der Waals surface area contributed by atoms with Crippen LogP contribution in [-0.2, 0) is 7.05 Å². The van der Waals surface area contributed by atoms with Crippen molar-refractivity contribution >= 4 is 11.6 Å². The summed E-state index contributed by atoms with van der Waals surface area (Å²) in [5.41, 5.74) is 2.05. The van der Waals surface area contributed by atoms with E-state index in [0.29, 0.717) is 17.5 Å². The number of alkyl halides is 2. The van der Waals surface area contributed by atoms with Crippen molar-refractivity contribution in [2.45, 2.75) is 44.6 Å². The minimum Gasteiger partial charge on any atom is -0.392 e. The molecule has 1 saturated carbocycles. The Morgan fingerprint density at radius 1 is 1.37 bits per heavy atom. The van der Waals surface area contributed by atoms with Crippen LogP contribution >= 0.6 is 0 Å². The number of amides is 1. The van der Waals surface area contributed by atoms with Gasteiger partial charge in [-0.15, -0.1) is 0 Å². The highest BCUT2D eigenvalue weighted by atomic mass is 19.3. The van der Waals surface area contributed by atoms with Gasteiger partial charge in [-0.1, -0.05) is 26.0 Å². The van der Waals surface area contributed by atoms with Crippen LogP contribution in [0.4, 0.5) is 14.5 Å². The molecule has 1 heterocycles. The maximum absolute atomic E-state index is 13.2. The standard InChI is InChI=1S/C20H23F2N3O2/c1-9(2)15-11-7-14(26)17(15)16-10(11)5-4-6-13(16)23-20(27)12-8-25(3)24-18(12)19(21)22/h4-6,8-9,11,14-15,17,19,26H,7H2,1-3H3,(H,23,27). The molecule has 2 aliphatic carbocycles. The number of hydrogen-bond acceptors (Lipinski definition) is 3. The molecule has 4 atom stereocenters. The number of hydrogen-bond donors (Lipinski definition) is 2. The van der Waals surface area contributed by atoms with E-state index >= 15 is 0 Å². The van der Waals surface area contributed by atoms with Crippen LogP contribution in [0.5, 0.6) is 0 Å². The van der Waals surface area contributed by atoms with Gasteiger partial charge in [-0.05, 0) is 41.4 Å². The molecule has 2 N–H and O–H groups in total. The molecule has 1 aromatic heterocycles. The summed E-state index contributed by atoms with van der Waals surface area (Å²) in [6.07, 6.45) is -1.23. The van der Waals surface area contributed by atoms with Gasteiger partial charge in [0.2, 0.25) is 0 Å². The zero-order valence-electron chi connectivity index (χ0n) is 15.5. The van der Waals surface area contributed by atoms with E-state index in [2.05, 4.69) is 24.3 Å². The summed E-state index contributed by atoms with van der Waals surface area (Å²) < 4.78 is 27.6. The number of aliphatic hydroxyl groups excluding tert-OH is 1. The Balaban J connectivity index is 1.70. The molecule has 0 saturated heterocycles. The fourth-order valence-corrected chi connectivity index (χ4v) is 5.09. The Hall–Kier alpha value is -2.28. The Bertz CT molecular complexity index is 893. The second-order valence-corrected chi connectivity index (χ2v) is 7.92. The predicted octanol–water partition coefficient (Wildman–Crippen LogP) is 3.83. The van der Waals surface area contributed by atoms with Crippen LogP contribution in [0.3, 0.4) is 0 Å². The smallest absolute Gasteiger partial charge is 0.282 e. The Kier molecular flexibility index (Phi) is 4.29. The molecule has 1 amide bonds. The van der Waals surface area contributed by atoms with Crippen molar-refractivity contribution in [2.24, 2.45) is 18.9 Å². The van der Waals surface area contributed by atoms with Crippen LogP contribution < -0.4 is 5.32 Å². The highest BCUT2D eigenvalue weighted by Crippen LogP contribution is 2.61. The lowest BCUT2D eigenvalue weighted by atomic mass is 9.84. The molecule has 0 radical (unpaired) electrons. The van der Waals surface area contributed by atoms with Crippen molar-refractivity contribution in [2.75, 3.05) is 5.32 Å². The van der Waals surface area contributed by atoms with Gasteiger partial charge in [0.15, 0.2) is 0 Å². The quantitative estimate of drug-likeness (QED) is 0.854. The van der Waals surface area contributed by atoms with E-state index < -0.39 is 24.1 Å². The first-order chi connectivity index (χ1) is 12.8. The monoisotopic (exact) mass is 375 g/mol. The van der Waals surface area contributed by atoms with Crippen LogP contribution in [0.2, 0.25) is 0 Å². The number of fused-ring (bicyclic) bond motifs is 5. The summed E-state index contributed by atoms with van der Waals surface area (Å²) in [5, 5.41) is 17.0. The molecule has 0 aliphatic heterocycles. The average Bonchev–Trinajstić information content (AvgIpc) is 3.24. The second-order valence-electron chi connectivity index (χ2n) is 7.92. The highest BCUT2D eigenvalue weighted by Gasteiger charge is 2.52. The Morgan fingerprint density at radius 2 is 2.11 bits per heavy atom. The predicted molar refractivity (Wildman–Crippen MR) is 97.0 cm³/mol. The highest BCUT2D eigenvalue weighted by molar-refractivity contribution is 6.05. The van der Waals surface area contributed by atoms with Gasteiger partial charge in [0.1, 0.15) is 5.69 Å². The molecule has 2 bridgehead atoms. The number of benzene rings is 1. The maximum atomic E-state index is 13.2. The van der Waals surface area contributed by atoms with Crippen LogP contribution in [0, 0.1) is 11.8 Å². The first-order valence-corrected chi connectivity index (χ1v) is 9.23. The number of aryl methyl sites for hydroxylation is 1. The molecular weight excluding hydrogens is 352 g/mol. The largest absolute Gasteiger partial charge is 0.392 e. The number of carbonyl (C=O) groups is 1. The van der Waals surface area contributed by atoms with Gasteiger partial charge in [0.25, 0.3) is 12.3 Å². The molecule has 0 spiro atoms. The minimum atomic E-state index is -2.82. The summed E-state index contributed by atoms with van der Waals surface area (Å²) >= 11 is 0. The molecule has 2 aliphatic rings. The summed E-state index contributed by atoms with van der Waals surface area (Å²) in [6.45, 7) is 4.30. The number of nitrogens with one attached hydrogen (secondary N) is 1. The Morgan fingerprint density at radius 3 is 2.78 bits per heavy atom. The van der Waals surface area contributed by atoms with Crippen LogP contribution in [0.15, 0.2) is 24.4 Å². The van der Waals surface area contributed by atoms with E-state index in [1.165, 1.54) is 17.9 Å². The van der Waals surface area contributed by atoms with E-state index in [-0.39, 0.29) is 17.4 Å². The molecule has 4 unspecified atom stereocenters. The zero-order chi connectivity index (χ0) is 19.5. The van der Waals surface area contributed by atoms with Crippen molar-refractivity contribution in [1.29, 1.82) is 0 Å². The average molecular weight is 375 g/mol. The van der Waals surface area contributed by atoms with E-state index in [0.717, 1.165) is 17.5 Å². The van der Waals surface area contributed by atoms with Gasteiger partial charge in [-0.25, -0.2) is 8.78 Å². The third-order valence-electron chi connectivity index (χ3n) is 5.99. The zero-order valence-corrected chi connectivity index (χ0v) is 15.5. The number of carbonyl (C=O) groups excluding carboxylic acids is 1. The molecule has 7 heteroatoms. The lowest BCUT2D eigenvalue weighted by Gasteiger charge is -2.24. The third kappa shape index (κ3) is 2.76. The van der Waals surface area contributed by atoms with E-state index in [1.54, 1.807) is 6.07 Å². The number of aliphatic hydroxyl groups is 1. The summed E-state index contributed by atoms with van der Waals surface area (Å²) in [4.78, 5) is 12.7. The normalized spacial score (nSPS) is 26.1. The molecule has 144 valence electrons. The summed E-state index contributed by atoms with van der Waals surface area (Å²) in [7, 11) is 1.51. The van der Waals surface area contributed by atoms with Crippen LogP contribution in [-0.4, -0.2) is 26.9 Å². The van der Waals surface area contributed by atoms with Crippen molar-refractivity contribution in [3.05, 3.63) is 46.8 Å². The van der Waals surface area contributed by atoms with Crippen molar-refractivity contribution in [3.8, 4) is 0 Å². The van der Waals surface area contributed by atoms with Crippen LogP contribution in [0.1, 0.15) is 65.7 Å². The van der Waals surface area contributed by atoms with Gasteiger partial charge >= 0.3 is 0 Å². The first kappa shape index (κ1) is 18.1. The van der Waals surface area contributed by atoms with E-state index in [9.17, 15) is 18.7 Å². The fraction of sp³-hybridized carbons (Fsp3) is 0.500. The fourth-order valence-electron chi connectivity index (χ4n) is 5.09. The van der Waals surface area contributed by atoms with Gasteiger partial charge in [-0.3, -0.25) is 9.48 Å². The molecule has 1 aromatic carbocycles. The molecule has 5 nitrogen and oxygen atoms in total. The lowest BCUT2D eigenvalue weighted by Crippen LogP contribution is -2.22. The lowest BCUT2D eigenvalue weighted by molar-refractivity contribution is 0.101. The number of aromatic nitrogens is 2. The van der Waals surface area contributed by atoms with Gasteiger partial charge in [0, 0.05) is 24.8 Å². The molecule has 27 heavy (non-hydrogen) atoms. The number of rotatable bonds is 4. The van der Waals surface area contributed by atoms with Crippen molar-refractivity contribution < 1.29 is 18.7 Å². The summed E-state index contributed by atoms with van der Waals surface area (Å²) in [6, 6.07) is 5.70. The second kappa shape index (κ2) is 6.41. The molecule has 1 fully saturated rings. The van der Waals surface area contributed by atoms with E-state index in [1.807, 2.05) is 12.1 Å².